The summed E-state index contributed by atoms with van der Waals surface area (Å²) in [7, 11) is -9.91. The molecular formula is C76H148O17P2. The summed E-state index contributed by atoms with van der Waals surface area (Å²) in [5, 5.41) is 10.6. The molecule has 3 N–H and O–H groups in total. The van der Waals surface area contributed by atoms with Crippen LogP contribution >= 0.6 is 15.6 Å². The molecule has 0 heterocycles. The quantitative estimate of drug-likeness (QED) is 0.0222. The van der Waals surface area contributed by atoms with Crippen molar-refractivity contribution in [3.8, 4) is 0 Å². The van der Waals surface area contributed by atoms with Crippen LogP contribution in [0.25, 0.3) is 0 Å². The minimum Gasteiger partial charge on any atom is -0.462 e. The monoisotopic (exact) mass is 1400 g/mol. The highest BCUT2D eigenvalue weighted by Gasteiger charge is 2.30. The Kier molecular flexibility index (Phi) is 64.0. The Labute approximate surface area is 581 Å². The molecule has 17 nitrogen and oxygen atoms in total. The van der Waals surface area contributed by atoms with Gasteiger partial charge < -0.3 is 33.8 Å². The average Bonchev–Trinajstić information content (AvgIpc) is 3.13. The molecule has 0 aliphatic heterocycles. The van der Waals surface area contributed by atoms with E-state index in [1.165, 1.54) is 186 Å². The van der Waals surface area contributed by atoms with Gasteiger partial charge in [-0.3, -0.25) is 37.3 Å². The van der Waals surface area contributed by atoms with Crippen molar-refractivity contribution in [1.29, 1.82) is 0 Å². The number of hydrogen-bond acceptors (Lipinski definition) is 15. The first-order valence-electron chi connectivity index (χ1n) is 39.3. The van der Waals surface area contributed by atoms with Gasteiger partial charge in [-0.2, -0.15) is 0 Å². The van der Waals surface area contributed by atoms with Crippen molar-refractivity contribution in [3.63, 3.8) is 0 Å². The molecule has 6 unspecified atom stereocenters. The predicted molar refractivity (Wildman–Crippen MR) is 386 cm³/mol. The Morgan fingerprint density at radius 3 is 0.747 bits per heavy atom. The number of phosphoric ester groups is 2. The van der Waals surface area contributed by atoms with Crippen molar-refractivity contribution in [2.45, 2.75) is 401 Å². The van der Waals surface area contributed by atoms with Crippen LogP contribution in [0.1, 0.15) is 383 Å². The maximum atomic E-state index is 13.1. The van der Waals surface area contributed by atoms with Crippen molar-refractivity contribution >= 4 is 39.5 Å². The lowest BCUT2D eigenvalue weighted by Gasteiger charge is -2.21. The van der Waals surface area contributed by atoms with Crippen LogP contribution in [0.3, 0.4) is 0 Å². The Morgan fingerprint density at radius 2 is 0.505 bits per heavy atom. The third kappa shape index (κ3) is 66.4. The van der Waals surface area contributed by atoms with Gasteiger partial charge in [0.1, 0.15) is 19.3 Å². The highest BCUT2D eigenvalue weighted by molar-refractivity contribution is 7.47. The van der Waals surface area contributed by atoms with Crippen molar-refractivity contribution in [2.24, 2.45) is 23.7 Å². The molecule has 564 valence electrons. The van der Waals surface area contributed by atoms with E-state index in [2.05, 4.69) is 55.4 Å². The molecule has 0 aliphatic carbocycles. The van der Waals surface area contributed by atoms with Gasteiger partial charge in [0.15, 0.2) is 12.2 Å². The fourth-order valence-corrected chi connectivity index (χ4v) is 13.0. The summed E-state index contributed by atoms with van der Waals surface area (Å²) in [6.45, 7) is 14.2. The molecule has 0 saturated carbocycles. The fourth-order valence-electron chi connectivity index (χ4n) is 11.5. The van der Waals surface area contributed by atoms with Gasteiger partial charge in [0.25, 0.3) is 0 Å². The number of carbonyl (C=O) groups is 4. The molecule has 0 fully saturated rings. The first-order chi connectivity index (χ1) is 45.7. The van der Waals surface area contributed by atoms with E-state index in [4.69, 9.17) is 37.0 Å². The molecular weight excluding hydrogens is 1250 g/mol. The first kappa shape index (κ1) is 93.1. The van der Waals surface area contributed by atoms with Crippen molar-refractivity contribution in [1.82, 2.24) is 0 Å². The van der Waals surface area contributed by atoms with Crippen LogP contribution < -0.4 is 0 Å². The zero-order valence-electron chi connectivity index (χ0n) is 62.3. The molecule has 0 rings (SSSR count). The molecule has 95 heavy (non-hydrogen) atoms. The predicted octanol–water partition coefficient (Wildman–Crippen LogP) is 22.0. The molecule has 0 aromatic carbocycles. The van der Waals surface area contributed by atoms with Crippen LogP contribution in [0.4, 0.5) is 0 Å². The number of rotatable bonds is 73. The number of aliphatic hydroxyl groups excluding tert-OH is 1. The summed E-state index contributed by atoms with van der Waals surface area (Å²) in [6.07, 6.45) is 49.8. The highest BCUT2D eigenvalue weighted by atomic mass is 31.2. The van der Waals surface area contributed by atoms with E-state index >= 15 is 0 Å². The molecule has 0 saturated heterocycles. The number of aliphatic hydroxyl groups is 1. The summed E-state index contributed by atoms with van der Waals surface area (Å²) >= 11 is 0. The van der Waals surface area contributed by atoms with Crippen LogP contribution in [0.15, 0.2) is 0 Å². The maximum absolute atomic E-state index is 13.1. The summed E-state index contributed by atoms with van der Waals surface area (Å²) < 4.78 is 68.5. The Hall–Kier alpha value is -1.94. The Balaban J connectivity index is 5.25. The lowest BCUT2D eigenvalue weighted by molar-refractivity contribution is -0.161. The van der Waals surface area contributed by atoms with Crippen molar-refractivity contribution in [3.05, 3.63) is 0 Å². The Morgan fingerprint density at radius 1 is 0.295 bits per heavy atom. The molecule has 0 aromatic rings. The van der Waals surface area contributed by atoms with Gasteiger partial charge in [0.2, 0.25) is 0 Å². The van der Waals surface area contributed by atoms with E-state index in [9.17, 15) is 43.2 Å². The largest absolute Gasteiger partial charge is 0.472 e. The number of ether oxygens (including phenoxy) is 4. The lowest BCUT2D eigenvalue weighted by atomic mass is 9.99. The molecule has 0 amide bonds. The van der Waals surface area contributed by atoms with Crippen LogP contribution in [-0.4, -0.2) is 96.7 Å². The molecule has 0 radical (unpaired) electrons. The van der Waals surface area contributed by atoms with E-state index < -0.39 is 97.5 Å². The van der Waals surface area contributed by atoms with E-state index in [0.29, 0.717) is 25.7 Å². The number of esters is 4. The van der Waals surface area contributed by atoms with Crippen molar-refractivity contribution < 1.29 is 80.2 Å². The fraction of sp³-hybridized carbons (Fsp3) is 0.947. The summed E-state index contributed by atoms with van der Waals surface area (Å²) in [5.74, 6) is 1.03. The average molecular weight is 1400 g/mol. The zero-order valence-corrected chi connectivity index (χ0v) is 64.1. The second-order valence-corrected chi connectivity index (χ2v) is 31.5. The van der Waals surface area contributed by atoms with Gasteiger partial charge in [0, 0.05) is 25.7 Å². The second kappa shape index (κ2) is 65.4. The lowest BCUT2D eigenvalue weighted by Crippen LogP contribution is -2.30. The zero-order chi connectivity index (χ0) is 70.3. The molecule has 0 aliphatic rings. The van der Waals surface area contributed by atoms with Gasteiger partial charge in [-0.15, -0.1) is 0 Å². The van der Waals surface area contributed by atoms with Crippen LogP contribution in [0.2, 0.25) is 0 Å². The van der Waals surface area contributed by atoms with Gasteiger partial charge in [-0.05, 0) is 49.4 Å². The standard InChI is InChI=1S/C76H148O17P2/c1-9-67(6)53-45-37-29-20-16-14-12-13-15-17-22-32-40-48-56-73(78)86-62-71(92-75(80)58-50-42-34-23-19-18-21-30-38-46-54-68(7)10-2)64-90-94(82,83)88-60-70(77)61-89-95(84,85)91-65-72(63-87-74(79)57-49-41-33-26-24-28-36-44-52-66(4)5)93-76(81)59-51-43-35-27-25-31-39-47-55-69(8)11-3/h66-72,77H,9-65H2,1-8H3,(H,82,83)(H,84,85)/t67?,68?,69?,70?,71-,72-/m1/s1. The number of unbranched alkanes of at least 4 members (excludes halogenated alkanes) is 36. The maximum Gasteiger partial charge on any atom is 0.472 e. The molecule has 0 aromatic heterocycles. The highest BCUT2D eigenvalue weighted by Crippen LogP contribution is 2.45. The van der Waals surface area contributed by atoms with Crippen molar-refractivity contribution in [2.75, 3.05) is 39.6 Å². The minimum absolute atomic E-state index is 0.104. The summed E-state index contributed by atoms with van der Waals surface area (Å²) in [4.78, 5) is 72.8. The number of phosphoric acid groups is 2. The van der Waals surface area contributed by atoms with E-state index in [0.717, 1.165) is 114 Å². The smallest absolute Gasteiger partial charge is 0.462 e. The van der Waals surface area contributed by atoms with Gasteiger partial charge >= 0.3 is 39.5 Å². The van der Waals surface area contributed by atoms with E-state index in [-0.39, 0.29) is 25.7 Å². The first-order valence-corrected chi connectivity index (χ1v) is 42.3. The topological polar surface area (TPSA) is 237 Å². The summed E-state index contributed by atoms with van der Waals surface area (Å²) in [5.41, 5.74) is 0. The summed E-state index contributed by atoms with van der Waals surface area (Å²) in [6, 6.07) is 0. The Bertz CT molecular complexity index is 1870. The molecule has 0 spiro atoms. The van der Waals surface area contributed by atoms with Gasteiger partial charge in [-0.1, -0.05) is 331 Å². The second-order valence-electron chi connectivity index (χ2n) is 28.6. The third-order valence-corrected chi connectivity index (χ3v) is 20.6. The number of carbonyl (C=O) groups excluding carboxylic acids is 4. The van der Waals surface area contributed by atoms with E-state index in [1.807, 2.05) is 0 Å². The van der Waals surface area contributed by atoms with Crippen LogP contribution in [0, 0.1) is 23.7 Å². The van der Waals surface area contributed by atoms with Crippen LogP contribution in [-0.2, 0) is 65.4 Å². The number of hydrogen-bond donors (Lipinski definition) is 3. The van der Waals surface area contributed by atoms with Gasteiger partial charge in [-0.25, -0.2) is 9.13 Å². The van der Waals surface area contributed by atoms with E-state index in [1.54, 1.807) is 0 Å². The normalized spacial score (nSPS) is 15.0. The molecule has 0 bridgehead atoms. The SMILES string of the molecule is CCC(C)CCCCCCCCCCCCCCCCC(=O)OC[C@H](COP(=O)(O)OCC(O)COP(=O)(O)OC[C@@H](COC(=O)CCCCCCCCCCC(C)C)OC(=O)CCCCCCCCCCC(C)CC)OC(=O)CCCCCCCCCCCCC(C)CC. The van der Waals surface area contributed by atoms with Gasteiger partial charge in [0.05, 0.1) is 26.4 Å². The third-order valence-electron chi connectivity index (χ3n) is 18.7. The minimum atomic E-state index is -4.96. The molecule has 8 atom stereocenters. The van der Waals surface area contributed by atoms with Crippen LogP contribution in [0.5, 0.6) is 0 Å². The molecule has 19 heteroatoms.